The molecule has 0 aromatic heterocycles. The summed E-state index contributed by atoms with van der Waals surface area (Å²) in [5, 5.41) is 4.86. The third-order valence-electron chi connectivity index (χ3n) is 3.68. The van der Waals surface area contributed by atoms with Crippen LogP contribution in [0.4, 0.5) is 4.39 Å². The van der Waals surface area contributed by atoms with Gasteiger partial charge in [-0.25, -0.2) is 4.39 Å². The Hall–Kier alpha value is -1.45. The van der Waals surface area contributed by atoms with E-state index in [4.69, 9.17) is 0 Å². The summed E-state index contributed by atoms with van der Waals surface area (Å²) >= 11 is 0. The van der Waals surface area contributed by atoms with Crippen molar-refractivity contribution < 1.29 is 4.39 Å². The number of hydrogen-bond donors (Lipinski definition) is 1. The lowest BCUT2D eigenvalue weighted by molar-refractivity contribution is 0.598. The number of halogens is 1. The summed E-state index contributed by atoms with van der Waals surface area (Å²) in [6, 6.07) is 15.9. The topological polar surface area (TPSA) is 12.0 Å². The number of hydrogen-bond acceptors (Lipinski definition) is 1. The van der Waals surface area contributed by atoms with Crippen LogP contribution in [0.25, 0.3) is 0 Å². The van der Waals surface area contributed by atoms with Gasteiger partial charge in [0, 0.05) is 6.54 Å². The first kappa shape index (κ1) is 15.9. The molecular weight excluding hydrogens is 277 g/mol. The van der Waals surface area contributed by atoms with E-state index in [0.29, 0.717) is 0 Å². The first-order valence-electron chi connectivity index (χ1n) is 7.50. The molecule has 0 unspecified atom stereocenters. The normalized spacial score (nSPS) is 11.6. The zero-order chi connectivity index (χ0) is 15.3. The molecule has 0 atom stereocenters. The second-order valence-electron chi connectivity index (χ2n) is 6.47. The largest absolute Gasteiger partial charge is 0.312 e. The van der Waals surface area contributed by atoms with Gasteiger partial charge in [0.05, 0.1) is 8.07 Å². The maximum Gasteiger partial charge on any atom is 0.126 e. The van der Waals surface area contributed by atoms with Crippen LogP contribution in [-0.2, 0) is 13.0 Å². The highest BCUT2D eigenvalue weighted by Gasteiger charge is 2.15. The predicted octanol–water partition coefficient (Wildman–Crippen LogP) is 3.70. The van der Waals surface area contributed by atoms with E-state index in [-0.39, 0.29) is 5.82 Å². The van der Waals surface area contributed by atoms with Gasteiger partial charge in [-0.2, -0.15) is 0 Å². The van der Waals surface area contributed by atoms with Crippen molar-refractivity contribution in [2.45, 2.75) is 32.6 Å². The second-order valence-corrected chi connectivity index (χ2v) is 11.5. The van der Waals surface area contributed by atoms with E-state index in [1.54, 1.807) is 6.07 Å². The average Bonchev–Trinajstić information content (AvgIpc) is 2.45. The summed E-state index contributed by atoms with van der Waals surface area (Å²) < 4.78 is 13.5. The van der Waals surface area contributed by atoms with Crippen molar-refractivity contribution in [2.75, 3.05) is 6.54 Å². The Morgan fingerprint density at radius 2 is 1.62 bits per heavy atom. The van der Waals surface area contributed by atoms with Crippen LogP contribution >= 0.6 is 0 Å². The molecule has 2 aromatic carbocycles. The Bertz CT molecular complexity index is 573. The van der Waals surface area contributed by atoms with Crippen LogP contribution < -0.4 is 10.5 Å². The molecule has 112 valence electrons. The molecule has 0 spiro atoms. The van der Waals surface area contributed by atoms with Crippen LogP contribution in [0.2, 0.25) is 19.6 Å². The first-order valence-corrected chi connectivity index (χ1v) is 11.0. The Labute approximate surface area is 128 Å². The van der Waals surface area contributed by atoms with Crippen LogP contribution in [0.5, 0.6) is 0 Å². The Morgan fingerprint density at radius 3 is 2.24 bits per heavy atom. The molecule has 0 fully saturated rings. The molecule has 0 aliphatic heterocycles. The van der Waals surface area contributed by atoms with Crippen LogP contribution in [0.1, 0.15) is 11.1 Å². The second kappa shape index (κ2) is 7.01. The third-order valence-corrected chi connectivity index (χ3v) is 5.74. The molecule has 21 heavy (non-hydrogen) atoms. The zero-order valence-corrected chi connectivity index (χ0v) is 14.1. The van der Waals surface area contributed by atoms with Gasteiger partial charge in [-0.1, -0.05) is 67.3 Å². The standard InChI is InChI=1S/C18H24FNSi/c1-21(2,3)17-10-8-15(9-11-17)14-20-13-12-16-6-4-5-7-18(16)19/h4-11,20H,12-14H2,1-3H3. The summed E-state index contributed by atoms with van der Waals surface area (Å²) in [6.45, 7) is 8.69. The quantitative estimate of drug-likeness (QED) is 0.633. The fourth-order valence-corrected chi connectivity index (χ4v) is 3.45. The van der Waals surface area contributed by atoms with E-state index in [2.05, 4.69) is 49.2 Å². The summed E-state index contributed by atoms with van der Waals surface area (Å²) in [7, 11) is -1.21. The molecule has 0 bridgehead atoms. The van der Waals surface area contributed by atoms with Gasteiger partial charge < -0.3 is 5.32 Å². The first-order chi connectivity index (χ1) is 9.97. The molecule has 0 saturated carbocycles. The van der Waals surface area contributed by atoms with Gasteiger partial charge in [0.1, 0.15) is 5.82 Å². The fraction of sp³-hybridized carbons (Fsp3) is 0.333. The molecule has 0 saturated heterocycles. The Morgan fingerprint density at radius 1 is 0.952 bits per heavy atom. The molecule has 0 heterocycles. The van der Waals surface area contributed by atoms with E-state index in [1.807, 2.05) is 12.1 Å². The lowest BCUT2D eigenvalue weighted by Crippen LogP contribution is -2.37. The van der Waals surface area contributed by atoms with Gasteiger partial charge in [-0.05, 0) is 30.2 Å². The molecule has 1 N–H and O–H groups in total. The van der Waals surface area contributed by atoms with Gasteiger partial charge >= 0.3 is 0 Å². The Kier molecular flexibility index (Phi) is 5.31. The molecule has 0 amide bonds. The van der Waals surface area contributed by atoms with Crippen molar-refractivity contribution in [1.82, 2.24) is 5.32 Å². The fourth-order valence-electron chi connectivity index (χ4n) is 2.28. The van der Waals surface area contributed by atoms with Crippen molar-refractivity contribution in [3.05, 3.63) is 65.5 Å². The highest BCUT2D eigenvalue weighted by molar-refractivity contribution is 6.88. The highest BCUT2D eigenvalue weighted by Crippen LogP contribution is 2.07. The molecule has 0 radical (unpaired) electrons. The van der Waals surface area contributed by atoms with Crippen LogP contribution in [0, 0.1) is 5.82 Å². The van der Waals surface area contributed by atoms with Crippen LogP contribution in [0.3, 0.4) is 0 Å². The van der Waals surface area contributed by atoms with Gasteiger partial charge in [-0.3, -0.25) is 0 Å². The van der Waals surface area contributed by atoms with Crippen molar-refractivity contribution in [3.8, 4) is 0 Å². The van der Waals surface area contributed by atoms with E-state index in [1.165, 1.54) is 16.8 Å². The molecule has 3 heteroatoms. The Balaban J connectivity index is 1.80. The van der Waals surface area contributed by atoms with Crippen molar-refractivity contribution >= 4 is 13.3 Å². The van der Waals surface area contributed by atoms with Gasteiger partial charge in [0.25, 0.3) is 0 Å². The van der Waals surface area contributed by atoms with Gasteiger partial charge in [0.2, 0.25) is 0 Å². The molecule has 0 aliphatic rings. The molecular formula is C18H24FNSi. The summed E-state index contributed by atoms with van der Waals surface area (Å²) in [4.78, 5) is 0. The lowest BCUT2D eigenvalue weighted by Gasteiger charge is -2.16. The van der Waals surface area contributed by atoms with Gasteiger partial charge in [-0.15, -0.1) is 0 Å². The number of nitrogens with one attached hydrogen (secondary N) is 1. The zero-order valence-electron chi connectivity index (χ0n) is 13.1. The maximum atomic E-state index is 13.5. The summed E-state index contributed by atoms with van der Waals surface area (Å²) in [5.41, 5.74) is 2.06. The maximum absolute atomic E-state index is 13.5. The van der Waals surface area contributed by atoms with E-state index < -0.39 is 8.07 Å². The lowest BCUT2D eigenvalue weighted by atomic mass is 10.1. The SMILES string of the molecule is C[Si](C)(C)c1ccc(CNCCc2ccccc2F)cc1. The number of rotatable bonds is 6. The van der Waals surface area contributed by atoms with E-state index in [9.17, 15) is 4.39 Å². The molecule has 1 nitrogen and oxygen atoms in total. The summed E-state index contributed by atoms with van der Waals surface area (Å²) in [6.07, 6.45) is 0.722. The van der Waals surface area contributed by atoms with Crippen molar-refractivity contribution in [2.24, 2.45) is 0 Å². The molecule has 2 rings (SSSR count). The van der Waals surface area contributed by atoms with Crippen molar-refractivity contribution in [3.63, 3.8) is 0 Å². The number of benzene rings is 2. The molecule has 0 aliphatic carbocycles. The monoisotopic (exact) mass is 301 g/mol. The minimum atomic E-state index is -1.21. The molecule has 2 aromatic rings. The third kappa shape index (κ3) is 4.79. The van der Waals surface area contributed by atoms with Crippen LogP contribution in [-0.4, -0.2) is 14.6 Å². The predicted molar refractivity (Wildman–Crippen MR) is 91.2 cm³/mol. The van der Waals surface area contributed by atoms with Crippen LogP contribution in [0.15, 0.2) is 48.5 Å². The summed E-state index contributed by atoms with van der Waals surface area (Å²) in [5.74, 6) is -0.112. The van der Waals surface area contributed by atoms with Gasteiger partial charge in [0.15, 0.2) is 0 Å². The minimum Gasteiger partial charge on any atom is -0.312 e. The van der Waals surface area contributed by atoms with Crippen molar-refractivity contribution in [1.29, 1.82) is 0 Å². The minimum absolute atomic E-state index is 0.112. The smallest absolute Gasteiger partial charge is 0.126 e. The average molecular weight is 301 g/mol. The van der Waals surface area contributed by atoms with E-state index >= 15 is 0 Å². The highest BCUT2D eigenvalue weighted by atomic mass is 28.3. The van der Waals surface area contributed by atoms with E-state index in [0.717, 1.165) is 25.1 Å².